The molecule has 0 unspecified atom stereocenters. The van der Waals surface area contributed by atoms with E-state index in [1.807, 2.05) is 0 Å². The first-order valence-electron chi connectivity index (χ1n) is 0. The maximum atomic E-state index is 0. The average molecular weight is 1030 g/mol. The fourth-order valence-electron chi connectivity index (χ4n) is 0. The third kappa shape index (κ3) is 229. The van der Waals surface area contributed by atoms with Gasteiger partial charge in [-0.3, -0.25) is 0 Å². The Labute approximate surface area is 199 Å². The van der Waals surface area contributed by atoms with E-state index in [1.165, 1.54) is 0 Å². The molecule has 0 saturated carbocycles. The Morgan fingerprint density at radius 2 is 0.267 bits per heavy atom. The van der Waals surface area contributed by atoms with E-state index in [4.69, 9.17) is 0 Å². The van der Waals surface area contributed by atoms with Crippen LogP contribution in [0, 0.1) is 0 Å². The molecule has 0 aliphatic rings. The molecule has 15 heavy (non-hydrogen) atoms. The summed E-state index contributed by atoms with van der Waals surface area (Å²) in [6, 6.07) is 0. The molecule has 0 N–H and O–H groups in total. The summed E-state index contributed by atoms with van der Waals surface area (Å²) < 4.78 is 0. The third-order valence-electron chi connectivity index (χ3n) is 0. The summed E-state index contributed by atoms with van der Waals surface area (Å²) in [5.41, 5.74) is 0. The van der Waals surface area contributed by atoms with Crippen LogP contribution in [-0.4, -0.2) is 154 Å². The summed E-state index contributed by atoms with van der Waals surface area (Å²) in [6.07, 6.45) is 0. The van der Waals surface area contributed by atoms with Crippen LogP contribution in [0.2, 0.25) is 0 Å². The van der Waals surface area contributed by atoms with Gasteiger partial charge in [0.25, 0.3) is 0 Å². The predicted octanol–water partition coefficient (Wildman–Crippen LogP) is -3.35. The zero-order valence-corrected chi connectivity index (χ0v) is 26.9. The van der Waals surface area contributed by atoms with Crippen LogP contribution < -0.4 is 0 Å². The van der Waals surface area contributed by atoms with Gasteiger partial charge in [0.05, 0.1) is 0 Å². The molecule has 0 aliphatic heterocycles. The first kappa shape index (κ1) is 302. The van der Waals surface area contributed by atoms with Gasteiger partial charge >= 0.3 is 154 Å². The fourth-order valence-corrected chi connectivity index (χ4v) is 0. The molecular weight excluding hydrogens is 1030 g/mol. The van der Waals surface area contributed by atoms with Crippen molar-refractivity contribution < 1.29 is 49.3 Å². The fraction of sp³-hybridized carbons (Fsp3) is 0. The predicted molar refractivity (Wildman–Crippen MR) is 40.7 cm³/mol. The van der Waals surface area contributed by atoms with Gasteiger partial charge in [-0.25, -0.2) is 0 Å². The molecule has 0 amide bonds. The van der Waals surface area contributed by atoms with E-state index in [9.17, 15) is 0 Å². The Bertz CT molecular complexity index is 24.1. The van der Waals surface area contributed by atoms with E-state index >= 15 is 0 Å². The van der Waals surface area contributed by atoms with Crippen LogP contribution in [0.1, 0.15) is 0 Å². The van der Waals surface area contributed by atoms with Crippen molar-refractivity contribution in [2.24, 2.45) is 0 Å². The maximum Gasteiger partial charge on any atom is 4.00 e. The second-order valence-electron chi connectivity index (χ2n) is 0. The topological polar surface area (TPSA) is 256 Å². The SMILES string of the molecule is [In+3].[In+3].[O-2].[O-2].[O-2].[O-2].[O-2].[O-2].[O-2].[O-2].[O-2].[Pb+2].[Pb+2].[Sn+4].[Sn+4]. The zero-order valence-electron chi connectivity index (χ0n) is 6.83. The molecule has 0 heterocycles. The molecule has 4 radical (unpaired) electrons. The van der Waals surface area contributed by atoms with Gasteiger partial charge in [0.1, 0.15) is 0 Å². The molecular formula is In2O9Pb2Sn2. The summed E-state index contributed by atoms with van der Waals surface area (Å²) in [6.45, 7) is 0. The van der Waals surface area contributed by atoms with Gasteiger partial charge in [-0.05, 0) is 0 Å². The van der Waals surface area contributed by atoms with Crippen molar-refractivity contribution in [1.29, 1.82) is 0 Å². The number of hydrogen-bond acceptors (Lipinski definition) is 0. The normalized spacial score (nSPS) is 0. The molecule has 9 nitrogen and oxygen atoms in total. The molecule has 0 bridgehead atoms. The van der Waals surface area contributed by atoms with Crippen molar-refractivity contribution >= 4 is 154 Å². The summed E-state index contributed by atoms with van der Waals surface area (Å²) in [4.78, 5) is 0. The number of hydrogen-bond donors (Lipinski definition) is 0. The van der Waals surface area contributed by atoms with Crippen LogP contribution in [0.4, 0.5) is 0 Å². The van der Waals surface area contributed by atoms with Crippen molar-refractivity contribution in [3.8, 4) is 0 Å². The minimum atomic E-state index is 0. The van der Waals surface area contributed by atoms with Crippen LogP contribution in [-0.2, 0) is 49.3 Å². The van der Waals surface area contributed by atoms with Gasteiger partial charge in [-0.1, -0.05) is 0 Å². The van der Waals surface area contributed by atoms with Gasteiger partial charge in [0, 0.05) is 0 Å². The first-order valence-corrected chi connectivity index (χ1v) is 0. The molecule has 0 spiro atoms. The molecule has 0 saturated heterocycles. The van der Waals surface area contributed by atoms with E-state index in [0.717, 1.165) is 0 Å². The van der Waals surface area contributed by atoms with E-state index in [-0.39, 0.29) is 203 Å². The van der Waals surface area contributed by atoms with Gasteiger partial charge in [-0.2, -0.15) is 0 Å². The van der Waals surface area contributed by atoms with Crippen LogP contribution in [0.25, 0.3) is 0 Å². The molecule has 0 aromatic rings. The second kappa shape index (κ2) is 257. The summed E-state index contributed by atoms with van der Waals surface area (Å²) in [5, 5.41) is 0. The van der Waals surface area contributed by atoms with E-state index in [0.29, 0.717) is 0 Å². The minimum absolute atomic E-state index is 0. The first-order chi connectivity index (χ1) is 0. The monoisotopic (exact) mass is 1030 g/mol. The summed E-state index contributed by atoms with van der Waals surface area (Å²) in [7, 11) is 0. The maximum absolute atomic E-state index is 0. The Morgan fingerprint density at radius 1 is 0.267 bits per heavy atom. The molecule has 76 valence electrons. The quantitative estimate of drug-likeness (QED) is 0.216. The van der Waals surface area contributed by atoms with E-state index < -0.39 is 0 Å². The standard InChI is InChI=1S/2In.9O.2Pb.2Sn/q2*+3;9*-2;2*+2;2*+4. The van der Waals surface area contributed by atoms with Gasteiger partial charge < -0.3 is 49.3 Å². The zero-order chi connectivity index (χ0) is 0. The summed E-state index contributed by atoms with van der Waals surface area (Å²) in [5.74, 6) is 0. The molecule has 0 aromatic carbocycles. The smallest absolute Gasteiger partial charge is 2.00 e. The Balaban J connectivity index is 0. The Morgan fingerprint density at radius 3 is 0.267 bits per heavy atom. The van der Waals surface area contributed by atoms with Crippen LogP contribution in [0.3, 0.4) is 0 Å². The van der Waals surface area contributed by atoms with Crippen LogP contribution in [0.15, 0.2) is 0 Å². The molecule has 0 aromatic heterocycles. The number of rotatable bonds is 0. The van der Waals surface area contributed by atoms with Gasteiger partial charge in [0.15, 0.2) is 0 Å². The van der Waals surface area contributed by atoms with Crippen molar-refractivity contribution in [3.05, 3.63) is 0 Å². The van der Waals surface area contributed by atoms with Gasteiger partial charge in [0.2, 0.25) is 0 Å². The average Bonchev–Trinajstić information content (AvgIpc) is 0. The van der Waals surface area contributed by atoms with Gasteiger partial charge in [-0.15, -0.1) is 0 Å². The molecule has 0 fully saturated rings. The van der Waals surface area contributed by atoms with Crippen molar-refractivity contribution in [2.75, 3.05) is 0 Å². The van der Waals surface area contributed by atoms with E-state index in [1.54, 1.807) is 0 Å². The largest absolute Gasteiger partial charge is 4.00 e. The second-order valence-corrected chi connectivity index (χ2v) is 0. The molecule has 0 atom stereocenters. The van der Waals surface area contributed by atoms with E-state index in [2.05, 4.69) is 0 Å². The molecule has 0 rings (SSSR count). The Kier molecular flexibility index (Phi) is 5180. The van der Waals surface area contributed by atoms with Crippen LogP contribution in [0.5, 0.6) is 0 Å². The van der Waals surface area contributed by atoms with Crippen molar-refractivity contribution in [1.82, 2.24) is 0 Å². The van der Waals surface area contributed by atoms with Crippen molar-refractivity contribution in [2.45, 2.75) is 0 Å². The molecule has 0 aliphatic carbocycles. The minimum Gasteiger partial charge on any atom is -2.00 e. The molecule has 15 heteroatoms. The van der Waals surface area contributed by atoms with Crippen LogP contribution >= 0.6 is 0 Å². The van der Waals surface area contributed by atoms with Crippen molar-refractivity contribution in [3.63, 3.8) is 0 Å². The summed E-state index contributed by atoms with van der Waals surface area (Å²) >= 11 is 0. The third-order valence-corrected chi connectivity index (χ3v) is 0. The Hall–Kier alpha value is 4.82.